The van der Waals surface area contributed by atoms with Crippen molar-refractivity contribution in [3.05, 3.63) is 65.7 Å². The summed E-state index contributed by atoms with van der Waals surface area (Å²) in [5.41, 5.74) is 6.82. The number of benzene rings is 3. The lowest BCUT2D eigenvalue weighted by atomic mass is 9.34. The van der Waals surface area contributed by atoms with Gasteiger partial charge in [0.15, 0.2) is 0 Å². The van der Waals surface area contributed by atoms with E-state index in [9.17, 15) is 0 Å². The molecular weight excluding hydrogens is 391 g/mol. The third kappa shape index (κ3) is 2.32. The van der Waals surface area contributed by atoms with Gasteiger partial charge in [0.05, 0.1) is 0 Å². The van der Waals surface area contributed by atoms with E-state index in [-0.39, 0.29) is 6.71 Å². The Kier molecular flexibility index (Phi) is 3.35. The number of ether oxygens (including phenoxy) is 2. The fourth-order valence-corrected chi connectivity index (χ4v) is 8.37. The Morgan fingerprint density at radius 1 is 0.719 bits per heavy atom. The Labute approximate surface area is 190 Å². The molecule has 4 bridgehead atoms. The first kappa shape index (κ1) is 17.8. The standard InChI is InChI=1S/C29H27BO2/c1-17-8-26-28-27(9-17)32-25-13-21(29-14-18-10-19(15-29)12-20(11-18)16-29)6-7-23(25)30(28)22-4-2-3-5-24(22)31-26/h2-9,13,18-20H,10-12,14-16H2,1H3. The van der Waals surface area contributed by atoms with Crippen LogP contribution in [0.2, 0.25) is 0 Å². The van der Waals surface area contributed by atoms with Crippen molar-refractivity contribution in [1.82, 2.24) is 0 Å². The normalized spacial score (nSPS) is 30.2. The molecule has 4 aliphatic carbocycles. The molecule has 6 aliphatic rings. The summed E-state index contributed by atoms with van der Waals surface area (Å²) in [6, 6.07) is 20.1. The average Bonchev–Trinajstić information content (AvgIpc) is 2.77. The lowest BCUT2D eigenvalue weighted by Gasteiger charge is -2.57. The molecule has 0 saturated heterocycles. The third-order valence-electron chi connectivity index (χ3n) is 9.18. The number of hydrogen-bond donors (Lipinski definition) is 0. The van der Waals surface area contributed by atoms with Gasteiger partial charge in [-0.3, -0.25) is 0 Å². The fourth-order valence-electron chi connectivity index (χ4n) is 8.37. The van der Waals surface area contributed by atoms with Crippen LogP contribution in [0.1, 0.15) is 49.7 Å². The van der Waals surface area contributed by atoms with Gasteiger partial charge in [0.1, 0.15) is 23.0 Å². The zero-order chi connectivity index (χ0) is 21.0. The van der Waals surface area contributed by atoms with Crippen LogP contribution in [-0.4, -0.2) is 6.71 Å². The highest BCUT2D eigenvalue weighted by molar-refractivity contribution is 6.98. The molecule has 0 aromatic heterocycles. The molecular formula is C29H27BO2. The van der Waals surface area contributed by atoms with E-state index in [4.69, 9.17) is 9.47 Å². The van der Waals surface area contributed by atoms with Crippen molar-refractivity contribution in [2.45, 2.75) is 50.9 Å². The van der Waals surface area contributed by atoms with Gasteiger partial charge in [-0.15, -0.1) is 0 Å². The smallest absolute Gasteiger partial charge is 0.260 e. The van der Waals surface area contributed by atoms with E-state index >= 15 is 0 Å². The van der Waals surface area contributed by atoms with Crippen molar-refractivity contribution in [2.24, 2.45) is 17.8 Å². The summed E-state index contributed by atoms with van der Waals surface area (Å²) in [5, 5.41) is 0. The Morgan fingerprint density at radius 2 is 1.34 bits per heavy atom. The van der Waals surface area contributed by atoms with Crippen molar-refractivity contribution in [2.75, 3.05) is 0 Å². The number of hydrogen-bond acceptors (Lipinski definition) is 2. The molecule has 32 heavy (non-hydrogen) atoms. The summed E-state index contributed by atoms with van der Waals surface area (Å²) in [4.78, 5) is 0. The summed E-state index contributed by atoms with van der Waals surface area (Å²) in [7, 11) is 0. The highest BCUT2D eigenvalue weighted by Crippen LogP contribution is 2.61. The van der Waals surface area contributed by atoms with Crippen LogP contribution >= 0.6 is 0 Å². The Hall–Kier alpha value is -2.68. The van der Waals surface area contributed by atoms with Crippen LogP contribution in [0.4, 0.5) is 0 Å². The molecule has 4 fully saturated rings. The van der Waals surface area contributed by atoms with Crippen LogP contribution in [0.3, 0.4) is 0 Å². The molecule has 3 aromatic rings. The second-order valence-electron chi connectivity index (χ2n) is 11.3. The summed E-state index contributed by atoms with van der Waals surface area (Å²) in [6.07, 6.45) is 8.60. The van der Waals surface area contributed by atoms with Crippen molar-refractivity contribution in [1.29, 1.82) is 0 Å². The SMILES string of the molecule is Cc1cc2c3c(c1)Oc1cc(C45CC6CC(CC(C6)C4)C5)ccc1B3c1ccccc1O2. The molecule has 4 saturated carbocycles. The zero-order valence-electron chi connectivity index (χ0n) is 18.6. The molecule has 3 aromatic carbocycles. The summed E-state index contributed by atoms with van der Waals surface area (Å²) in [5.74, 6) is 6.79. The van der Waals surface area contributed by atoms with Gasteiger partial charge in [0.25, 0.3) is 6.71 Å². The molecule has 9 rings (SSSR count). The van der Waals surface area contributed by atoms with Crippen molar-refractivity contribution < 1.29 is 9.47 Å². The molecule has 2 heterocycles. The minimum absolute atomic E-state index is 0.180. The van der Waals surface area contributed by atoms with Gasteiger partial charge in [-0.05, 0) is 115 Å². The Bertz CT molecular complexity index is 1260. The van der Waals surface area contributed by atoms with Gasteiger partial charge in [0.2, 0.25) is 0 Å². The number of para-hydroxylation sites is 1. The lowest BCUT2D eigenvalue weighted by Crippen LogP contribution is -2.57. The summed E-state index contributed by atoms with van der Waals surface area (Å²) in [6.45, 7) is 2.31. The van der Waals surface area contributed by atoms with Crippen LogP contribution in [0.15, 0.2) is 54.6 Å². The molecule has 2 nitrogen and oxygen atoms in total. The first-order chi connectivity index (χ1) is 15.6. The Morgan fingerprint density at radius 3 is 2.06 bits per heavy atom. The van der Waals surface area contributed by atoms with E-state index in [0.29, 0.717) is 5.41 Å². The van der Waals surface area contributed by atoms with Crippen LogP contribution in [0.5, 0.6) is 23.0 Å². The summed E-state index contributed by atoms with van der Waals surface area (Å²) >= 11 is 0. The number of rotatable bonds is 1. The molecule has 0 atom stereocenters. The van der Waals surface area contributed by atoms with E-state index in [1.54, 1.807) is 0 Å². The van der Waals surface area contributed by atoms with Crippen molar-refractivity contribution in [3.8, 4) is 23.0 Å². The van der Waals surface area contributed by atoms with Crippen LogP contribution < -0.4 is 25.9 Å². The summed E-state index contributed by atoms with van der Waals surface area (Å²) < 4.78 is 13.0. The van der Waals surface area contributed by atoms with Gasteiger partial charge < -0.3 is 9.47 Å². The molecule has 0 spiro atoms. The van der Waals surface area contributed by atoms with E-state index in [1.165, 1.54) is 66.0 Å². The maximum atomic E-state index is 6.64. The van der Waals surface area contributed by atoms with E-state index in [0.717, 1.165) is 40.8 Å². The minimum atomic E-state index is 0.180. The predicted octanol–water partition coefficient (Wildman–Crippen LogP) is 5.19. The topological polar surface area (TPSA) is 18.5 Å². The third-order valence-corrected chi connectivity index (χ3v) is 9.18. The maximum absolute atomic E-state index is 6.64. The Balaban J connectivity index is 1.30. The largest absolute Gasteiger partial charge is 0.458 e. The van der Waals surface area contributed by atoms with Gasteiger partial charge >= 0.3 is 0 Å². The second-order valence-corrected chi connectivity index (χ2v) is 11.3. The van der Waals surface area contributed by atoms with E-state index in [1.807, 2.05) is 0 Å². The first-order valence-electron chi connectivity index (χ1n) is 12.4. The molecule has 3 heteroatoms. The molecule has 158 valence electrons. The second kappa shape index (κ2) is 6.01. The minimum Gasteiger partial charge on any atom is -0.458 e. The van der Waals surface area contributed by atoms with Gasteiger partial charge in [-0.25, -0.2) is 0 Å². The van der Waals surface area contributed by atoms with Gasteiger partial charge in [0, 0.05) is 5.46 Å². The predicted molar refractivity (Wildman–Crippen MR) is 129 cm³/mol. The van der Waals surface area contributed by atoms with Crippen LogP contribution in [0.25, 0.3) is 0 Å². The molecule has 0 N–H and O–H groups in total. The highest BCUT2D eigenvalue weighted by atomic mass is 16.5. The van der Waals surface area contributed by atoms with Crippen molar-refractivity contribution in [3.63, 3.8) is 0 Å². The number of aryl methyl sites for hydroxylation is 1. The first-order valence-corrected chi connectivity index (χ1v) is 12.4. The van der Waals surface area contributed by atoms with Gasteiger partial charge in [-0.2, -0.15) is 0 Å². The van der Waals surface area contributed by atoms with Crippen LogP contribution in [0, 0.1) is 24.7 Å². The lowest BCUT2D eigenvalue weighted by molar-refractivity contribution is -0.00524. The zero-order valence-corrected chi connectivity index (χ0v) is 18.6. The highest BCUT2D eigenvalue weighted by Gasteiger charge is 2.52. The van der Waals surface area contributed by atoms with E-state index < -0.39 is 0 Å². The molecule has 0 unspecified atom stereocenters. The van der Waals surface area contributed by atoms with E-state index in [2.05, 4.69) is 61.5 Å². The quantitative estimate of drug-likeness (QED) is 0.349. The maximum Gasteiger partial charge on any atom is 0.260 e. The van der Waals surface area contributed by atoms with Crippen LogP contribution in [-0.2, 0) is 5.41 Å². The molecule has 2 aliphatic heterocycles. The number of fused-ring (bicyclic) bond motifs is 4. The molecule has 0 amide bonds. The monoisotopic (exact) mass is 418 g/mol. The molecule has 0 radical (unpaired) electrons. The van der Waals surface area contributed by atoms with Gasteiger partial charge in [-0.1, -0.05) is 30.3 Å². The average molecular weight is 418 g/mol. The van der Waals surface area contributed by atoms with Crippen molar-refractivity contribution >= 4 is 23.1 Å². The fraction of sp³-hybridized carbons (Fsp3) is 0.379.